The van der Waals surface area contributed by atoms with Crippen molar-refractivity contribution < 1.29 is 16.8 Å². The van der Waals surface area contributed by atoms with Crippen LogP contribution in [0.4, 0.5) is 5.69 Å². The second kappa shape index (κ2) is 10.3. The maximum absolute atomic E-state index is 11.6. The van der Waals surface area contributed by atoms with Crippen LogP contribution in [0.3, 0.4) is 0 Å². The quantitative estimate of drug-likeness (QED) is 0.437. The van der Waals surface area contributed by atoms with Gasteiger partial charge in [0.15, 0.2) is 0 Å². The van der Waals surface area contributed by atoms with Gasteiger partial charge in [-0.05, 0) is 47.2 Å². The molecular formula is C25H24ClN3O4S2. The third-order valence-corrected chi connectivity index (χ3v) is 8.37. The van der Waals surface area contributed by atoms with Crippen LogP contribution in [0.5, 0.6) is 0 Å². The van der Waals surface area contributed by atoms with Gasteiger partial charge in [0.2, 0.25) is 20.0 Å². The zero-order valence-corrected chi connectivity index (χ0v) is 21.0. The number of nitrogens with one attached hydrogen (secondary N) is 2. The molecule has 0 unspecified atom stereocenters. The van der Waals surface area contributed by atoms with Crippen molar-refractivity contribution in [3.05, 3.63) is 100 Å². The fourth-order valence-electron chi connectivity index (χ4n) is 3.81. The highest BCUT2D eigenvalue weighted by Gasteiger charge is 2.27. The molecule has 0 atom stereocenters. The van der Waals surface area contributed by atoms with Crippen molar-refractivity contribution in [3.63, 3.8) is 0 Å². The molecule has 7 nitrogen and oxygen atoms in total. The maximum Gasteiger partial charge on any atom is 0.244 e. The third-order valence-electron chi connectivity index (χ3n) is 5.55. The first-order chi connectivity index (χ1) is 16.6. The summed E-state index contributed by atoms with van der Waals surface area (Å²) in [6.07, 6.45) is 11.0. The number of sulfonamides is 2. The lowest BCUT2D eigenvalue weighted by Crippen LogP contribution is -2.34. The molecule has 0 aromatic heterocycles. The van der Waals surface area contributed by atoms with Crippen LogP contribution >= 0.6 is 11.6 Å². The van der Waals surface area contributed by atoms with Crippen molar-refractivity contribution >= 4 is 49.5 Å². The minimum atomic E-state index is -4.07. The van der Waals surface area contributed by atoms with E-state index in [1.165, 1.54) is 28.3 Å². The number of nitrogens with two attached hydrogens (primary N) is 1. The predicted molar refractivity (Wildman–Crippen MR) is 140 cm³/mol. The van der Waals surface area contributed by atoms with Gasteiger partial charge >= 0.3 is 0 Å². The van der Waals surface area contributed by atoms with Crippen LogP contribution in [0.2, 0.25) is 5.02 Å². The van der Waals surface area contributed by atoms with Gasteiger partial charge in [-0.2, -0.15) is 4.72 Å². The Labute approximate surface area is 210 Å². The van der Waals surface area contributed by atoms with E-state index in [1.54, 1.807) is 0 Å². The van der Waals surface area contributed by atoms with Crippen LogP contribution in [-0.2, 0) is 32.9 Å². The molecule has 0 amide bonds. The first-order valence-corrected chi connectivity index (χ1v) is 14.1. The van der Waals surface area contributed by atoms with Crippen molar-refractivity contribution in [2.75, 3.05) is 12.0 Å². The lowest BCUT2D eigenvalue weighted by atomic mass is 10.1. The molecule has 182 valence electrons. The Balaban J connectivity index is 0.000000134. The second-order valence-electron chi connectivity index (χ2n) is 7.94. The molecule has 0 spiro atoms. The van der Waals surface area contributed by atoms with Gasteiger partial charge in [-0.3, -0.25) is 0 Å². The summed E-state index contributed by atoms with van der Waals surface area (Å²) >= 11 is 5.72. The molecule has 0 saturated carbocycles. The van der Waals surface area contributed by atoms with E-state index in [0.29, 0.717) is 0 Å². The van der Waals surface area contributed by atoms with E-state index in [-0.39, 0.29) is 22.3 Å². The minimum absolute atomic E-state index is 0.0143. The average Bonchev–Trinajstić information content (AvgIpc) is 3.48. The highest BCUT2D eigenvalue weighted by molar-refractivity contribution is 7.90. The number of primary sulfonamides is 1. The number of anilines is 1. The van der Waals surface area contributed by atoms with Crippen LogP contribution in [0.25, 0.3) is 12.2 Å². The van der Waals surface area contributed by atoms with E-state index in [9.17, 15) is 16.8 Å². The Morgan fingerprint density at radius 3 is 1.91 bits per heavy atom. The molecule has 1 heterocycles. The van der Waals surface area contributed by atoms with Gasteiger partial charge < -0.3 is 5.32 Å². The molecule has 0 radical (unpaired) electrons. The molecular weight excluding hydrogens is 506 g/mol. The summed E-state index contributed by atoms with van der Waals surface area (Å²) < 4.78 is 47.9. The van der Waals surface area contributed by atoms with Crippen LogP contribution < -0.4 is 15.2 Å². The predicted octanol–water partition coefficient (Wildman–Crippen LogP) is 4.16. The van der Waals surface area contributed by atoms with E-state index < -0.39 is 24.9 Å². The van der Waals surface area contributed by atoms with Gasteiger partial charge in [0, 0.05) is 0 Å². The Bertz CT molecular complexity index is 1480. The molecule has 4 N–H and O–H groups in total. The highest BCUT2D eigenvalue weighted by Crippen LogP contribution is 2.32. The molecule has 0 fully saturated rings. The van der Waals surface area contributed by atoms with E-state index in [2.05, 4.69) is 82.9 Å². The number of hydrogen-bond donors (Lipinski definition) is 3. The summed E-state index contributed by atoms with van der Waals surface area (Å²) in [4.78, 5) is -0.621. The van der Waals surface area contributed by atoms with Gasteiger partial charge in [0.25, 0.3) is 0 Å². The average molecular weight is 530 g/mol. The summed E-state index contributed by atoms with van der Waals surface area (Å²) in [6.45, 7) is 0.0143. The van der Waals surface area contributed by atoms with E-state index in [4.69, 9.17) is 16.7 Å². The minimum Gasteiger partial charge on any atom is -0.370 e. The smallest absolute Gasteiger partial charge is 0.244 e. The summed E-state index contributed by atoms with van der Waals surface area (Å²) in [5, 5.41) is 7.53. The van der Waals surface area contributed by atoms with Crippen molar-refractivity contribution in [3.8, 4) is 0 Å². The second-order valence-corrected chi connectivity index (χ2v) is 11.6. The molecule has 0 saturated heterocycles. The monoisotopic (exact) mass is 529 g/mol. The molecule has 0 bridgehead atoms. The summed E-state index contributed by atoms with van der Waals surface area (Å²) in [5.41, 5.74) is 5.92. The van der Waals surface area contributed by atoms with Crippen LogP contribution in [0.15, 0.2) is 82.6 Å². The van der Waals surface area contributed by atoms with Crippen LogP contribution in [0, 0.1) is 0 Å². The summed E-state index contributed by atoms with van der Waals surface area (Å²) in [6, 6.07) is 19.1. The highest BCUT2D eigenvalue weighted by atomic mass is 35.5. The zero-order valence-electron chi connectivity index (χ0n) is 18.6. The number of hydrogen-bond acceptors (Lipinski definition) is 5. The lowest BCUT2D eigenvalue weighted by molar-refractivity contribution is 0.581. The van der Waals surface area contributed by atoms with E-state index >= 15 is 0 Å². The van der Waals surface area contributed by atoms with E-state index in [0.717, 1.165) is 18.9 Å². The molecule has 1 aliphatic heterocycles. The molecule has 6 rings (SSSR count). The molecule has 10 heteroatoms. The number of fused-ring (bicyclic) bond motifs is 3. The Kier molecular flexibility index (Phi) is 7.44. The van der Waals surface area contributed by atoms with Gasteiger partial charge in [-0.1, -0.05) is 84.4 Å². The summed E-state index contributed by atoms with van der Waals surface area (Å²) in [5.74, 6) is 0. The van der Waals surface area contributed by atoms with Gasteiger partial charge in [0.1, 0.15) is 9.79 Å². The molecule has 3 aromatic rings. The van der Waals surface area contributed by atoms with Gasteiger partial charge in [-0.25, -0.2) is 22.0 Å². The summed E-state index contributed by atoms with van der Waals surface area (Å²) in [7, 11) is -7.80. The fourth-order valence-corrected chi connectivity index (χ4v) is 6.09. The van der Waals surface area contributed by atoms with Crippen LogP contribution in [-0.4, -0.2) is 23.5 Å². The number of allylic oxidation sites excluding steroid dienone is 2. The third kappa shape index (κ3) is 6.01. The Morgan fingerprint density at radius 1 is 0.857 bits per heavy atom. The van der Waals surface area contributed by atoms with Crippen LogP contribution in [0.1, 0.15) is 22.3 Å². The Morgan fingerprint density at radius 2 is 1.40 bits per heavy atom. The topological polar surface area (TPSA) is 118 Å². The van der Waals surface area contributed by atoms with Crippen molar-refractivity contribution in [1.82, 2.24) is 4.72 Å². The SMILES string of the molecule is C1=Cc2ccccc2C1.C1=Cc2ccccc2C1.NS(=O)(=O)c1cc2c(cc1Cl)NCNS2(=O)=O. The normalized spacial score (nSPS) is 15.9. The van der Waals surface area contributed by atoms with Gasteiger partial charge in [0.05, 0.1) is 17.4 Å². The first-order valence-electron chi connectivity index (χ1n) is 10.7. The molecule has 3 aliphatic rings. The lowest BCUT2D eigenvalue weighted by Gasteiger charge is -2.20. The standard InChI is InChI=1S/2C9H8.C7H8ClN3O4S2/c2*1-2-5-9-7-3-6-8(9)4-1;8-4-1-5-7(2-6(4)16(9,12)13)17(14,15)11-3-10-5/h2*1-6H,7H2;1-2,10-11H,3H2,(H2,9,12,13). The first kappa shape index (κ1) is 25.2. The number of benzene rings is 3. The van der Waals surface area contributed by atoms with Crippen molar-refractivity contribution in [2.45, 2.75) is 22.6 Å². The molecule has 2 aliphatic carbocycles. The zero-order chi connectivity index (χ0) is 25.1. The van der Waals surface area contributed by atoms with Crippen molar-refractivity contribution in [1.29, 1.82) is 0 Å². The Hall–Kier alpha value is -2.95. The van der Waals surface area contributed by atoms with Gasteiger partial charge in [-0.15, -0.1) is 0 Å². The fraction of sp³-hybridized carbons (Fsp3) is 0.120. The van der Waals surface area contributed by atoms with E-state index in [1.807, 2.05) is 0 Å². The molecule has 3 aromatic carbocycles. The van der Waals surface area contributed by atoms with Crippen molar-refractivity contribution in [2.24, 2.45) is 5.14 Å². The number of halogens is 1. The number of rotatable bonds is 1. The maximum atomic E-state index is 11.6. The molecule has 35 heavy (non-hydrogen) atoms. The largest absolute Gasteiger partial charge is 0.370 e.